The Morgan fingerprint density at radius 2 is 0.685 bits per heavy atom. The third-order valence-corrected chi connectivity index (χ3v) is 32.0. The number of nitrogens with zero attached hydrogens (tertiary/aromatic N) is 1. The number of epoxide rings is 8. The number of rotatable bonds is 76. The summed E-state index contributed by atoms with van der Waals surface area (Å²) in [5.41, 5.74) is 5.97. The Balaban J connectivity index is 0.000000230. The van der Waals surface area contributed by atoms with Gasteiger partial charge in [0.1, 0.15) is 117 Å². The molecule has 40 heteroatoms. The van der Waals surface area contributed by atoms with Crippen molar-refractivity contribution in [3.8, 4) is 40.8 Å². The number of carbonyl (C=O) groups is 2. The Labute approximate surface area is 862 Å². The van der Waals surface area contributed by atoms with Gasteiger partial charge in [-0.2, -0.15) is 5.26 Å². The number of ether oxygens (including phenoxy) is 21. The summed E-state index contributed by atoms with van der Waals surface area (Å²) in [6, 6.07) is 26.6. The van der Waals surface area contributed by atoms with Gasteiger partial charge in [-0.15, -0.1) is 26.3 Å². The van der Waals surface area contributed by atoms with E-state index in [2.05, 4.69) is 66.0 Å². The molecular formula is C106H155FN3O33Si3-. The first-order chi connectivity index (χ1) is 70.9. The smallest absolute Gasteiger partial charge is 0.500 e. The summed E-state index contributed by atoms with van der Waals surface area (Å²) in [7, 11) is -7.20. The monoisotopic (exact) mass is 2100 g/mol. The van der Waals surface area contributed by atoms with Crippen LogP contribution in [0.2, 0.25) is 18.1 Å². The summed E-state index contributed by atoms with van der Waals surface area (Å²) >= 11 is 0. The molecule has 6 aromatic rings. The fourth-order valence-electron chi connectivity index (χ4n) is 16.1. The zero-order valence-corrected chi connectivity index (χ0v) is 89.4. The lowest BCUT2D eigenvalue weighted by molar-refractivity contribution is -0.0000897. The Bertz CT molecular complexity index is 4810. The molecule has 812 valence electrons. The number of alkyl carbamates (subject to hydrolysis) is 2. The minimum absolute atomic E-state index is 0. The van der Waals surface area contributed by atoms with Crippen LogP contribution in [0.15, 0.2) is 123 Å². The summed E-state index contributed by atoms with van der Waals surface area (Å²) in [5.74, 6) is 4.46. The molecule has 8 saturated heterocycles. The van der Waals surface area contributed by atoms with Gasteiger partial charge in [-0.1, -0.05) is 97.1 Å². The van der Waals surface area contributed by atoms with E-state index in [9.17, 15) is 19.8 Å². The predicted octanol–water partition coefficient (Wildman–Crippen LogP) is 10.0. The van der Waals surface area contributed by atoms with E-state index in [1.54, 1.807) is 30.6 Å². The molecule has 2 amide bonds. The van der Waals surface area contributed by atoms with E-state index in [-0.39, 0.29) is 101 Å². The molecule has 146 heavy (non-hydrogen) atoms. The molecule has 0 spiro atoms. The van der Waals surface area contributed by atoms with Crippen molar-refractivity contribution in [3.63, 3.8) is 0 Å². The van der Waals surface area contributed by atoms with E-state index >= 15 is 0 Å². The molecule has 4 N–H and O–H groups in total. The van der Waals surface area contributed by atoms with Crippen molar-refractivity contribution < 1.29 is 159 Å². The standard InChI is InChI=1S/C48H78N2O16Si2.C28H36O8.C22H24O6.C8H17NO3Si.FH/c1-9-25-53-31-40(65-47(51)49-23-17-27-67(59-11-3,60-12-4)61-13-5)30-38-20-22-43-44(46(38)57-35-41-34-56-41)21-19-37(29-39-33-55-39)45(43)58-36-42(32-54-26-10-2)66-48(52)50-24-18-28-68(62-14-6,63-15-7)64-16-8;1-3-9-31-13-21(29)11-19-5-7-26-25(27(19)36-18-24-17-34-24)8-6-20(12-23-16-33-23)28(26)35-15-22(30)14-32-10-4-2;1-3-19-20(21(27-11-17-9-25-17)13(1)5-15-7-23-15)4-2-14(6-16-8-24-16)22(19)28-12-18-10-26-18;1-3-11-13(12-4-2)7-5-6-10-8-9;/h9-10,19-22,39-42H,1-2,11-18,23-36H2,3-8H3,(H,49,51)(H,50,52);3-8,21-24,29-30H,1-2,9-18H2;1-4,15-18H,5-12H2;13H,3-7H2,1-2H3;1H/p-1. The molecule has 12 atom stereocenters. The Kier molecular flexibility index (Phi) is 53.5. The molecule has 0 aromatic heterocycles. The second-order valence-electron chi connectivity index (χ2n) is 35.5. The van der Waals surface area contributed by atoms with Crippen molar-refractivity contribution in [1.82, 2.24) is 10.6 Å². The van der Waals surface area contributed by atoms with Gasteiger partial charge in [0.25, 0.3) is 6.26 Å². The average molecular weight is 2100 g/mol. The fourth-order valence-corrected chi connectivity index (χ4v) is 23.0. The van der Waals surface area contributed by atoms with Crippen molar-refractivity contribution in [2.45, 2.75) is 205 Å². The van der Waals surface area contributed by atoms with Crippen molar-refractivity contribution in [2.24, 2.45) is 0 Å². The SMILES string of the molecule is C=CCOCC(COc1c(CC2CO2)ccc2c(OCC3CO3)c(CC(COCC=C)OC(=O)NCCC[Si](OCC)(OCC)OCC)ccc12)OC(=O)NCCC[Si](OCC)(OCC)OCC.C=CCOCC(O)COc1c(CC2CO2)ccc2c(OCC3CO3)c(CC(O)COCC=C)ccc12.CCO[SiH](CCCOC#N)OCC.[F-].c1cc2c(OCC3CO3)c(CC3CO3)ccc2c(OCC2CO2)c1CC1CO1. The van der Waals surface area contributed by atoms with Gasteiger partial charge in [-0.3, -0.25) is 0 Å². The van der Waals surface area contributed by atoms with Gasteiger partial charge < -0.3 is 160 Å². The molecule has 0 bridgehead atoms. The van der Waals surface area contributed by atoms with E-state index in [4.69, 9.17) is 135 Å². The zero-order valence-electron chi connectivity index (χ0n) is 86.3. The number of carbonyl (C=O) groups excluding carboxylic acids is 2. The maximum atomic E-state index is 13.3. The number of nitriles is 1. The molecule has 0 saturated carbocycles. The molecule has 8 aliphatic rings. The summed E-state index contributed by atoms with van der Waals surface area (Å²) in [6.45, 7) is 45.3. The number of benzene rings is 6. The maximum absolute atomic E-state index is 13.3. The van der Waals surface area contributed by atoms with Gasteiger partial charge in [0.2, 0.25) is 0 Å². The van der Waals surface area contributed by atoms with Crippen LogP contribution in [0.4, 0.5) is 9.59 Å². The van der Waals surface area contributed by atoms with Gasteiger partial charge in [0.05, 0.1) is 136 Å². The summed E-state index contributed by atoms with van der Waals surface area (Å²) in [5, 5.41) is 40.2. The molecular weight excluding hydrogens is 1950 g/mol. The van der Waals surface area contributed by atoms with Crippen LogP contribution < -0.4 is 43.8 Å². The minimum atomic E-state index is -2.87. The molecule has 14 rings (SSSR count). The third-order valence-electron chi connectivity index (χ3n) is 23.4. The van der Waals surface area contributed by atoms with Crippen LogP contribution in [0.25, 0.3) is 32.3 Å². The molecule has 8 aliphatic heterocycles. The highest BCUT2D eigenvalue weighted by Crippen LogP contribution is 2.45. The zero-order chi connectivity index (χ0) is 103. The number of hydrogen-bond acceptors (Lipinski definition) is 34. The number of amides is 2. The van der Waals surface area contributed by atoms with Gasteiger partial charge in [-0.25, -0.2) is 9.59 Å². The lowest BCUT2D eigenvalue weighted by atomic mass is 9.97. The summed E-state index contributed by atoms with van der Waals surface area (Å²) in [6.07, 6.45) is 11.2. The fraction of sp³-hybridized carbons (Fsp3) is 0.613. The lowest BCUT2D eigenvalue weighted by Gasteiger charge is -2.28. The Hall–Kier alpha value is -8.61. The van der Waals surface area contributed by atoms with Crippen molar-refractivity contribution >= 4 is 71.4 Å². The van der Waals surface area contributed by atoms with Crippen molar-refractivity contribution in [3.05, 3.63) is 157 Å². The highest BCUT2D eigenvalue weighted by Gasteiger charge is 2.42. The Morgan fingerprint density at radius 1 is 0.390 bits per heavy atom. The van der Waals surface area contributed by atoms with Crippen LogP contribution in [0.5, 0.6) is 34.5 Å². The molecule has 36 nitrogen and oxygen atoms in total. The van der Waals surface area contributed by atoms with Gasteiger partial charge in [0.15, 0.2) is 6.10 Å². The first kappa shape index (κ1) is 119. The predicted molar refractivity (Wildman–Crippen MR) is 549 cm³/mol. The first-order valence-corrected chi connectivity index (χ1v) is 57.0. The minimum Gasteiger partial charge on any atom is -1.00 e. The van der Waals surface area contributed by atoms with Crippen LogP contribution in [0.3, 0.4) is 0 Å². The largest absolute Gasteiger partial charge is 1.00 e. The quantitative estimate of drug-likeness (QED) is 0.00906. The molecule has 12 unspecified atom stereocenters. The lowest BCUT2D eigenvalue weighted by Crippen LogP contribution is -3.00. The topological polar surface area (TPSA) is 417 Å². The van der Waals surface area contributed by atoms with E-state index in [1.807, 2.05) is 104 Å². The van der Waals surface area contributed by atoms with Crippen LogP contribution in [-0.4, -0.2) is 340 Å². The molecule has 0 aliphatic carbocycles. The van der Waals surface area contributed by atoms with Gasteiger partial charge in [0, 0.05) is 149 Å². The first-order valence-electron chi connectivity index (χ1n) is 51.4. The Morgan fingerprint density at radius 3 is 1.01 bits per heavy atom. The third kappa shape index (κ3) is 42.7. The highest BCUT2D eigenvalue weighted by atomic mass is 28.4. The number of fused-ring (bicyclic) bond motifs is 3. The second-order valence-corrected chi connectivity index (χ2v) is 43.0. The molecule has 8 fully saturated rings. The second kappa shape index (κ2) is 65.5. The number of hydrogen-bond donors (Lipinski definition) is 4. The number of aliphatic hydroxyl groups excluding tert-OH is 2. The van der Waals surface area contributed by atoms with Crippen molar-refractivity contribution in [1.29, 1.82) is 5.26 Å². The number of aliphatic hydroxyl groups is 2. The van der Waals surface area contributed by atoms with Crippen LogP contribution >= 0.6 is 0 Å². The van der Waals surface area contributed by atoms with Gasteiger partial charge in [-0.05, 0) is 114 Å². The molecule has 6 aromatic carbocycles. The average Bonchev–Trinajstić information content (AvgIpc) is 0.888. The van der Waals surface area contributed by atoms with Crippen LogP contribution in [0, 0.1) is 11.5 Å². The normalized spacial score (nSPS) is 19.2. The van der Waals surface area contributed by atoms with Crippen LogP contribution in [-0.2, 0) is 145 Å². The molecule has 8 heterocycles. The number of nitrogens with one attached hydrogen (secondary N) is 2. The van der Waals surface area contributed by atoms with Crippen LogP contribution in [0.1, 0.15) is 108 Å². The van der Waals surface area contributed by atoms with E-state index < -0.39 is 63.5 Å². The molecule has 0 radical (unpaired) electrons. The van der Waals surface area contributed by atoms with Crippen molar-refractivity contribution in [2.75, 3.05) is 218 Å². The highest BCUT2D eigenvalue weighted by molar-refractivity contribution is 6.61. The number of halogens is 1. The summed E-state index contributed by atoms with van der Waals surface area (Å²) in [4.78, 5) is 26.5. The van der Waals surface area contributed by atoms with E-state index in [0.29, 0.717) is 205 Å². The van der Waals surface area contributed by atoms with E-state index in [1.165, 1.54) is 11.1 Å². The van der Waals surface area contributed by atoms with Gasteiger partial charge >= 0.3 is 39.1 Å². The van der Waals surface area contributed by atoms with E-state index in [0.717, 1.165) is 131 Å². The summed E-state index contributed by atoms with van der Waals surface area (Å²) < 4.78 is 167. The maximum Gasteiger partial charge on any atom is 0.500 e.